The zero-order valence-corrected chi connectivity index (χ0v) is 12.6. The largest absolute Gasteiger partial charge is 0.475 e. The predicted molar refractivity (Wildman–Crippen MR) is 81.5 cm³/mol. The molecule has 0 unspecified atom stereocenters. The molecule has 1 N–H and O–H groups in total. The number of carboxylic acid groups (broad SMARTS) is 1. The lowest BCUT2D eigenvalue weighted by Crippen LogP contribution is -1.98. The number of hydrogen-bond acceptors (Lipinski definition) is 2. The van der Waals surface area contributed by atoms with Gasteiger partial charge >= 0.3 is 5.97 Å². The van der Waals surface area contributed by atoms with Gasteiger partial charge in [-0.15, -0.1) is 0 Å². The van der Waals surface area contributed by atoms with Gasteiger partial charge < -0.3 is 14.1 Å². The Morgan fingerprint density at radius 2 is 2.10 bits per heavy atom. The van der Waals surface area contributed by atoms with Crippen molar-refractivity contribution in [3.63, 3.8) is 0 Å². The molecule has 0 radical (unpaired) electrons. The molecule has 6 heteroatoms. The van der Waals surface area contributed by atoms with Crippen molar-refractivity contribution in [3.05, 3.63) is 57.6 Å². The van der Waals surface area contributed by atoms with Crippen LogP contribution in [-0.2, 0) is 6.54 Å². The summed E-state index contributed by atoms with van der Waals surface area (Å²) >= 11 is 12.2. The normalized spacial score (nSPS) is 11.2. The number of aromatic carboxylic acids is 1. The fraction of sp³-hybridized carbons (Fsp3) is 0.133. The Bertz CT molecular complexity index is 848. The summed E-state index contributed by atoms with van der Waals surface area (Å²) < 4.78 is 7.17. The third-order valence-electron chi connectivity index (χ3n) is 3.38. The van der Waals surface area contributed by atoms with E-state index in [-0.39, 0.29) is 5.76 Å². The van der Waals surface area contributed by atoms with Crippen molar-refractivity contribution in [1.82, 2.24) is 4.57 Å². The molecule has 3 rings (SSSR count). The van der Waals surface area contributed by atoms with Crippen LogP contribution < -0.4 is 0 Å². The highest BCUT2D eigenvalue weighted by Crippen LogP contribution is 2.29. The van der Waals surface area contributed by atoms with Crippen LogP contribution in [0, 0.1) is 6.92 Å². The summed E-state index contributed by atoms with van der Waals surface area (Å²) in [5, 5.41) is 11.0. The average molecular weight is 324 g/mol. The van der Waals surface area contributed by atoms with Crippen molar-refractivity contribution in [2.75, 3.05) is 0 Å². The van der Waals surface area contributed by atoms with Crippen LogP contribution >= 0.6 is 23.2 Å². The second-order valence-electron chi connectivity index (χ2n) is 4.76. The lowest BCUT2D eigenvalue weighted by molar-refractivity contribution is 0.0661. The van der Waals surface area contributed by atoms with E-state index < -0.39 is 5.97 Å². The minimum atomic E-state index is -1.08. The second kappa shape index (κ2) is 5.13. The van der Waals surface area contributed by atoms with Gasteiger partial charge in [0.25, 0.3) is 0 Å². The fourth-order valence-corrected chi connectivity index (χ4v) is 2.87. The minimum absolute atomic E-state index is 0.0602. The summed E-state index contributed by atoms with van der Waals surface area (Å²) in [6.45, 7) is 2.23. The SMILES string of the molecule is Cc1oc(C(=O)O)cc1Cn1ccc2c(Cl)cc(Cl)cc21. The van der Waals surface area contributed by atoms with Crippen LogP contribution in [0.5, 0.6) is 0 Å². The highest BCUT2D eigenvalue weighted by Gasteiger charge is 2.14. The molecule has 3 aromatic rings. The molecule has 0 atom stereocenters. The number of carbonyl (C=O) groups is 1. The standard InChI is InChI=1S/C15H11Cl2NO3/c1-8-9(4-14(21-8)15(19)20)7-18-3-2-11-12(17)5-10(16)6-13(11)18/h2-6H,7H2,1H3,(H,19,20). The van der Waals surface area contributed by atoms with Gasteiger partial charge in [0, 0.05) is 22.2 Å². The Kier molecular flexibility index (Phi) is 3.43. The molecule has 2 heterocycles. The van der Waals surface area contributed by atoms with Crippen molar-refractivity contribution < 1.29 is 14.3 Å². The van der Waals surface area contributed by atoms with Gasteiger partial charge in [0.2, 0.25) is 5.76 Å². The van der Waals surface area contributed by atoms with Crippen LogP contribution in [-0.4, -0.2) is 15.6 Å². The molecule has 0 saturated carbocycles. The van der Waals surface area contributed by atoms with Crippen molar-refractivity contribution in [2.45, 2.75) is 13.5 Å². The maximum absolute atomic E-state index is 10.9. The number of carboxylic acids is 1. The van der Waals surface area contributed by atoms with E-state index in [1.807, 2.05) is 22.9 Å². The van der Waals surface area contributed by atoms with Crippen molar-refractivity contribution in [2.24, 2.45) is 0 Å². The number of fused-ring (bicyclic) bond motifs is 1. The first-order chi connectivity index (χ1) is 9.95. The Morgan fingerprint density at radius 3 is 2.76 bits per heavy atom. The van der Waals surface area contributed by atoms with Crippen molar-refractivity contribution in [3.8, 4) is 0 Å². The predicted octanol–water partition coefficient (Wildman–Crippen LogP) is 4.60. The number of hydrogen-bond donors (Lipinski definition) is 1. The van der Waals surface area contributed by atoms with E-state index in [4.69, 9.17) is 32.7 Å². The van der Waals surface area contributed by atoms with E-state index in [1.54, 1.807) is 13.0 Å². The summed E-state index contributed by atoms with van der Waals surface area (Å²) in [5.74, 6) is -0.551. The highest BCUT2D eigenvalue weighted by atomic mass is 35.5. The van der Waals surface area contributed by atoms with Crippen LogP contribution in [0.25, 0.3) is 10.9 Å². The molecule has 4 nitrogen and oxygen atoms in total. The lowest BCUT2D eigenvalue weighted by atomic mass is 10.2. The van der Waals surface area contributed by atoms with Gasteiger partial charge in [-0.05, 0) is 31.2 Å². The molecule has 1 aromatic carbocycles. The number of furan rings is 1. The average Bonchev–Trinajstić information content (AvgIpc) is 2.96. The monoisotopic (exact) mass is 323 g/mol. The number of aryl methyl sites for hydroxylation is 1. The Hall–Kier alpha value is -1.91. The maximum atomic E-state index is 10.9. The molecule has 0 aliphatic carbocycles. The Labute approximate surface area is 130 Å². The molecular formula is C15H11Cl2NO3. The zero-order valence-electron chi connectivity index (χ0n) is 11.1. The lowest BCUT2D eigenvalue weighted by Gasteiger charge is -2.05. The third kappa shape index (κ3) is 2.52. The summed E-state index contributed by atoms with van der Waals surface area (Å²) in [5.41, 5.74) is 1.70. The molecule has 0 bridgehead atoms. The first-order valence-corrected chi connectivity index (χ1v) is 6.98. The first-order valence-electron chi connectivity index (χ1n) is 6.22. The molecule has 0 spiro atoms. The van der Waals surface area contributed by atoms with Gasteiger partial charge in [-0.1, -0.05) is 23.2 Å². The van der Waals surface area contributed by atoms with Gasteiger partial charge in [-0.3, -0.25) is 0 Å². The van der Waals surface area contributed by atoms with Gasteiger partial charge in [0.05, 0.1) is 17.1 Å². The number of aromatic nitrogens is 1. The second-order valence-corrected chi connectivity index (χ2v) is 5.60. The van der Waals surface area contributed by atoms with E-state index >= 15 is 0 Å². The van der Waals surface area contributed by atoms with Crippen LogP contribution in [0.3, 0.4) is 0 Å². The van der Waals surface area contributed by atoms with Crippen LogP contribution in [0.15, 0.2) is 34.9 Å². The topological polar surface area (TPSA) is 55.4 Å². The van der Waals surface area contributed by atoms with E-state index in [1.165, 1.54) is 6.07 Å². The number of nitrogens with zero attached hydrogens (tertiary/aromatic N) is 1. The number of benzene rings is 1. The number of rotatable bonds is 3. The Morgan fingerprint density at radius 1 is 1.33 bits per heavy atom. The molecule has 0 aliphatic heterocycles. The van der Waals surface area contributed by atoms with Gasteiger partial charge in [-0.2, -0.15) is 0 Å². The van der Waals surface area contributed by atoms with E-state index in [2.05, 4.69) is 0 Å². The summed E-state index contributed by atoms with van der Waals surface area (Å²) in [4.78, 5) is 10.9. The third-order valence-corrected chi connectivity index (χ3v) is 3.91. The minimum Gasteiger partial charge on any atom is -0.475 e. The molecule has 0 aliphatic rings. The molecular weight excluding hydrogens is 313 g/mol. The zero-order chi connectivity index (χ0) is 15.1. The maximum Gasteiger partial charge on any atom is 0.371 e. The fourth-order valence-electron chi connectivity index (χ4n) is 2.32. The van der Waals surface area contributed by atoms with E-state index in [0.29, 0.717) is 22.4 Å². The van der Waals surface area contributed by atoms with Gasteiger partial charge in [0.15, 0.2) is 0 Å². The van der Waals surface area contributed by atoms with Crippen molar-refractivity contribution >= 4 is 40.1 Å². The van der Waals surface area contributed by atoms with Gasteiger partial charge in [0.1, 0.15) is 5.76 Å². The van der Waals surface area contributed by atoms with Crippen LogP contribution in [0.1, 0.15) is 21.9 Å². The summed E-state index contributed by atoms with van der Waals surface area (Å²) in [7, 11) is 0. The Balaban J connectivity index is 2.04. The van der Waals surface area contributed by atoms with Crippen LogP contribution in [0.2, 0.25) is 10.0 Å². The molecule has 108 valence electrons. The van der Waals surface area contributed by atoms with Crippen LogP contribution in [0.4, 0.5) is 0 Å². The highest BCUT2D eigenvalue weighted by molar-refractivity contribution is 6.38. The first kappa shape index (κ1) is 14.0. The molecule has 0 fully saturated rings. The quantitative estimate of drug-likeness (QED) is 0.766. The molecule has 21 heavy (non-hydrogen) atoms. The molecule has 2 aromatic heterocycles. The number of halogens is 2. The summed E-state index contributed by atoms with van der Waals surface area (Å²) in [6, 6.07) is 6.97. The van der Waals surface area contributed by atoms with Gasteiger partial charge in [-0.25, -0.2) is 4.79 Å². The molecule has 0 amide bonds. The van der Waals surface area contributed by atoms with E-state index in [9.17, 15) is 4.79 Å². The smallest absolute Gasteiger partial charge is 0.371 e. The summed E-state index contributed by atoms with van der Waals surface area (Å²) in [6.07, 6.45) is 1.89. The van der Waals surface area contributed by atoms with Crippen molar-refractivity contribution in [1.29, 1.82) is 0 Å². The molecule has 0 saturated heterocycles. The van der Waals surface area contributed by atoms with E-state index in [0.717, 1.165) is 16.5 Å².